The van der Waals surface area contributed by atoms with Gasteiger partial charge in [0, 0.05) is 38.6 Å². The summed E-state index contributed by atoms with van der Waals surface area (Å²) in [7, 11) is 1.51. The van der Waals surface area contributed by atoms with E-state index in [9.17, 15) is 4.79 Å². The second-order valence-corrected chi connectivity index (χ2v) is 5.21. The molecule has 104 valence electrons. The average molecular weight is 255 g/mol. The molecular formula is C13H25N3O2. The molecule has 0 spiro atoms. The van der Waals surface area contributed by atoms with Crippen molar-refractivity contribution in [2.75, 3.05) is 46.4 Å². The van der Waals surface area contributed by atoms with Crippen molar-refractivity contribution < 1.29 is 9.53 Å². The molecule has 2 saturated heterocycles. The molecule has 0 amide bonds. The summed E-state index contributed by atoms with van der Waals surface area (Å²) < 4.78 is 5.15. The number of nitrogens with zero attached hydrogens (tertiary/aromatic N) is 1. The van der Waals surface area contributed by atoms with Gasteiger partial charge >= 0.3 is 5.97 Å². The van der Waals surface area contributed by atoms with Crippen LogP contribution in [0.25, 0.3) is 0 Å². The number of carbonyl (C=O) groups is 1. The maximum atomic E-state index is 12.4. The molecule has 5 heteroatoms. The Morgan fingerprint density at radius 2 is 2.06 bits per heavy atom. The van der Waals surface area contributed by atoms with Crippen molar-refractivity contribution in [3.05, 3.63) is 0 Å². The number of hydrogen-bond acceptors (Lipinski definition) is 5. The van der Waals surface area contributed by atoms with E-state index in [-0.39, 0.29) is 5.97 Å². The fraction of sp³-hybridized carbons (Fsp3) is 0.923. The molecule has 0 bridgehead atoms. The molecule has 0 aromatic rings. The summed E-state index contributed by atoms with van der Waals surface area (Å²) in [5.41, 5.74) is -0.406. The van der Waals surface area contributed by atoms with Crippen molar-refractivity contribution in [1.29, 1.82) is 0 Å². The fourth-order valence-corrected chi connectivity index (χ4v) is 3.46. The number of methoxy groups -OCH3 is 1. The van der Waals surface area contributed by atoms with E-state index in [2.05, 4.69) is 22.5 Å². The summed E-state index contributed by atoms with van der Waals surface area (Å²) in [5, 5.41) is 6.76. The normalized spacial score (nSPS) is 34.2. The molecular weight excluding hydrogens is 230 g/mol. The van der Waals surface area contributed by atoms with Gasteiger partial charge in [0.15, 0.2) is 0 Å². The summed E-state index contributed by atoms with van der Waals surface area (Å²) in [6.07, 6.45) is 1.87. The molecule has 0 radical (unpaired) electrons. The largest absolute Gasteiger partial charge is 0.468 e. The van der Waals surface area contributed by atoms with Gasteiger partial charge in [-0.15, -0.1) is 0 Å². The second-order valence-electron chi connectivity index (χ2n) is 5.21. The summed E-state index contributed by atoms with van der Waals surface area (Å²) >= 11 is 0. The van der Waals surface area contributed by atoms with Gasteiger partial charge in [0.05, 0.1) is 7.11 Å². The van der Waals surface area contributed by atoms with Crippen LogP contribution in [0, 0.1) is 5.92 Å². The number of rotatable bonds is 3. The van der Waals surface area contributed by atoms with Gasteiger partial charge in [0.1, 0.15) is 5.54 Å². The van der Waals surface area contributed by atoms with E-state index in [1.807, 2.05) is 0 Å². The third-order valence-electron chi connectivity index (χ3n) is 4.46. The maximum absolute atomic E-state index is 12.4. The standard InChI is InChI=1S/C13H25N3O2/c1-3-11-10-15-5-4-13(11,12(17)18-2)16-8-6-14-7-9-16/h11,14-15H,3-10H2,1-2H3. The lowest BCUT2D eigenvalue weighted by Crippen LogP contribution is -2.68. The van der Waals surface area contributed by atoms with Crippen LogP contribution in [0.15, 0.2) is 0 Å². The molecule has 5 nitrogen and oxygen atoms in total. The van der Waals surface area contributed by atoms with Gasteiger partial charge in [-0.3, -0.25) is 9.69 Å². The van der Waals surface area contributed by atoms with Crippen LogP contribution in [0.5, 0.6) is 0 Å². The first-order valence-corrected chi connectivity index (χ1v) is 7.00. The molecule has 2 N–H and O–H groups in total. The molecule has 2 unspecified atom stereocenters. The van der Waals surface area contributed by atoms with Crippen LogP contribution >= 0.6 is 0 Å². The zero-order valence-electron chi connectivity index (χ0n) is 11.5. The zero-order valence-corrected chi connectivity index (χ0v) is 11.5. The average Bonchev–Trinajstić information content (AvgIpc) is 2.47. The molecule has 0 aromatic heterocycles. The van der Waals surface area contributed by atoms with Crippen molar-refractivity contribution in [3.63, 3.8) is 0 Å². The maximum Gasteiger partial charge on any atom is 0.326 e. The summed E-state index contributed by atoms with van der Waals surface area (Å²) in [5.74, 6) is 0.301. The molecule has 0 saturated carbocycles. The SMILES string of the molecule is CCC1CNCCC1(C(=O)OC)N1CCNCC1. The van der Waals surface area contributed by atoms with E-state index in [1.165, 1.54) is 7.11 Å². The number of piperidine rings is 1. The predicted octanol–water partition coefficient (Wildman–Crippen LogP) is -0.177. The van der Waals surface area contributed by atoms with Crippen LogP contribution in [-0.4, -0.2) is 62.8 Å². The quantitative estimate of drug-likeness (QED) is 0.685. The topological polar surface area (TPSA) is 53.6 Å². The first-order valence-electron chi connectivity index (χ1n) is 7.00. The van der Waals surface area contributed by atoms with Crippen molar-refractivity contribution in [2.45, 2.75) is 25.3 Å². The molecule has 2 aliphatic heterocycles. The van der Waals surface area contributed by atoms with Gasteiger partial charge in [0.2, 0.25) is 0 Å². The predicted molar refractivity (Wildman–Crippen MR) is 70.5 cm³/mol. The van der Waals surface area contributed by atoms with E-state index >= 15 is 0 Å². The Morgan fingerprint density at radius 1 is 1.33 bits per heavy atom. The Hall–Kier alpha value is -0.650. The Balaban J connectivity index is 2.27. The highest BCUT2D eigenvalue weighted by molar-refractivity contribution is 5.81. The Bertz CT molecular complexity index is 292. The minimum absolute atomic E-state index is 0.0437. The molecule has 2 heterocycles. The minimum atomic E-state index is -0.406. The highest BCUT2D eigenvalue weighted by Crippen LogP contribution is 2.34. The highest BCUT2D eigenvalue weighted by Gasteiger charge is 2.51. The Labute approximate surface area is 109 Å². The molecule has 2 aliphatic rings. The van der Waals surface area contributed by atoms with Gasteiger partial charge in [0.25, 0.3) is 0 Å². The van der Waals surface area contributed by atoms with Crippen molar-refractivity contribution in [2.24, 2.45) is 5.92 Å². The van der Waals surface area contributed by atoms with Crippen molar-refractivity contribution >= 4 is 5.97 Å². The number of carbonyl (C=O) groups excluding carboxylic acids is 1. The van der Waals surface area contributed by atoms with Crippen LogP contribution in [0.2, 0.25) is 0 Å². The number of ether oxygens (including phenoxy) is 1. The monoisotopic (exact) mass is 255 g/mol. The molecule has 2 atom stereocenters. The number of piperazine rings is 1. The van der Waals surface area contributed by atoms with Gasteiger partial charge in [-0.05, 0) is 19.4 Å². The zero-order chi connectivity index (χ0) is 13.0. The Kier molecular flexibility index (Phi) is 4.59. The number of esters is 1. The molecule has 0 aliphatic carbocycles. The highest BCUT2D eigenvalue weighted by atomic mass is 16.5. The number of nitrogens with one attached hydrogen (secondary N) is 2. The lowest BCUT2D eigenvalue weighted by atomic mass is 9.75. The lowest BCUT2D eigenvalue weighted by Gasteiger charge is -2.50. The first-order chi connectivity index (χ1) is 8.75. The summed E-state index contributed by atoms with van der Waals surface area (Å²) in [6, 6.07) is 0. The summed E-state index contributed by atoms with van der Waals surface area (Å²) in [4.78, 5) is 14.8. The Morgan fingerprint density at radius 3 is 2.67 bits per heavy atom. The number of hydrogen-bond donors (Lipinski definition) is 2. The van der Waals surface area contributed by atoms with E-state index in [0.717, 1.165) is 52.1 Å². The molecule has 0 aromatic carbocycles. The van der Waals surface area contributed by atoms with E-state index < -0.39 is 5.54 Å². The minimum Gasteiger partial charge on any atom is -0.468 e. The smallest absolute Gasteiger partial charge is 0.326 e. The first kappa shape index (κ1) is 13.8. The van der Waals surface area contributed by atoms with Crippen LogP contribution in [-0.2, 0) is 9.53 Å². The van der Waals surface area contributed by atoms with Crippen molar-refractivity contribution in [1.82, 2.24) is 15.5 Å². The van der Waals surface area contributed by atoms with Gasteiger partial charge in [-0.1, -0.05) is 6.92 Å². The lowest BCUT2D eigenvalue weighted by molar-refractivity contribution is -0.163. The second kappa shape index (κ2) is 5.99. The van der Waals surface area contributed by atoms with Crippen molar-refractivity contribution in [3.8, 4) is 0 Å². The molecule has 2 fully saturated rings. The van der Waals surface area contributed by atoms with Crippen LogP contribution in [0.4, 0.5) is 0 Å². The van der Waals surface area contributed by atoms with Crippen LogP contribution < -0.4 is 10.6 Å². The van der Waals surface area contributed by atoms with E-state index in [0.29, 0.717) is 5.92 Å². The van der Waals surface area contributed by atoms with Gasteiger partial charge in [-0.25, -0.2) is 0 Å². The summed E-state index contributed by atoms with van der Waals surface area (Å²) in [6.45, 7) is 7.77. The van der Waals surface area contributed by atoms with Gasteiger partial charge < -0.3 is 15.4 Å². The van der Waals surface area contributed by atoms with E-state index in [1.54, 1.807) is 0 Å². The van der Waals surface area contributed by atoms with Gasteiger partial charge in [-0.2, -0.15) is 0 Å². The third kappa shape index (κ3) is 2.27. The fourth-order valence-electron chi connectivity index (χ4n) is 3.46. The van der Waals surface area contributed by atoms with E-state index in [4.69, 9.17) is 4.74 Å². The third-order valence-corrected chi connectivity index (χ3v) is 4.46. The van der Waals surface area contributed by atoms with Crippen LogP contribution in [0.1, 0.15) is 19.8 Å². The molecule has 18 heavy (non-hydrogen) atoms. The molecule has 2 rings (SSSR count). The van der Waals surface area contributed by atoms with Crippen LogP contribution in [0.3, 0.4) is 0 Å².